The van der Waals surface area contributed by atoms with E-state index in [2.05, 4.69) is 20.7 Å². The number of rotatable bonds is 3. The van der Waals surface area contributed by atoms with Gasteiger partial charge in [0.1, 0.15) is 0 Å². The molecule has 3 rings (SSSR count). The molecule has 0 aliphatic heterocycles. The quantitative estimate of drug-likeness (QED) is 0.584. The van der Waals surface area contributed by atoms with Crippen LogP contribution in [-0.4, -0.2) is 15.9 Å². The summed E-state index contributed by atoms with van der Waals surface area (Å²) in [6, 6.07) is 15.5. The fraction of sp³-hybridized carbons (Fsp3) is 0.0625. The zero-order valence-corrected chi connectivity index (χ0v) is 12.2. The average molecular weight is 297 g/mol. The van der Waals surface area contributed by atoms with Crippen molar-refractivity contribution in [1.29, 1.82) is 0 Å². The molecule has 0 fully saturated rings. The molecule has 3 aromatic rings. The van der Waals surface area contributed by atoms with E-state index in [0.29, 0.717) is 10.8 Å². The molecule has 0 aliphatic rings. The summed E-state index contributed by atoms with van der Waals surface area (Å²) >= 11 is 6.16. The molecule has 0 amide bonds. The fourth-order valence-electron chi connectivity index (χ4n) is 2.06. The van der Waals surface area contributed by atoms with Crippen molar-refractivity contribution in [2.75, 3.05) is 5.43 Å². The van der Waals surface area contributed by atoms with Gasteiger partial charge in [0.2, 0.25) is 0 Å². The molecule has 0 atom stereocenters. The lowest BCUT2D eigenvalue weighted by atomic mass is 10.1. The number of hydrogen-bond donors (Lipinski definition) is 1. The molecule has 0 unspecified atom stereocenters. The Morgan fingerprint density at radius 3 is 2.71 bits per heavy atom. The number of nitrogens with zero attached hydrogens (tertiary/aromatic N) is 3. The first kappa shape index (κ1) is 13.5. The summed E-state index contributed by atoms with van der Waals surface area (Å²) in [5, 5.41) is 15.1. The van der Waals surface area contributed by atoms with E-state index in [1.165, 1.54) is 0 Å². The van der Waals surface area contributed by atoms with Gasteiger partial charge in [-0.25, -0.2) is 0 Å². The highest BCUT2D eigenvalue weighted by atomic mass is 35.5. The van der Waals surface area contributed by atoms with Crippen LogP contribution in [0.4, 0.5) is 5.82 Å². The Hall–Kier alpha value is -2.46. The predicted octanol–water partition coefficient (Wildman–Crippen LogP) is 4.12. The molecule has 4 nitrogen and oxygen atoms in total. The molecule has 0 bridgehead atoms. The van der Waals surface area contributed by atoms with Gasteiger partial charge in [0.25, 0.3) is 0 Å². The molecule has 2 aromatic carbocycles. The molecule has 104 valence electrons. The third kappa shape index (κ3) is 2.85. The maximum absolute atomic E-state index is 6.16. The molecule has 0 saturated carbocycles. The summed E-state index contributed by atoms with van der Waals surface area (Å²) in [6.07, 6.45) is 1.73. The fourth-order valence-corrected chi connectivity index (χ4v) is 2.33. The topological polar surface area (TPSA) is 50.2 Å². The Kier molecular flexibility index (Phi) is 3.79. The van der Waals surface area contributed by atoms with Crippen LogP contribution in [-0.2, 0) is 0 Å². The van der Waals surface area contributed by atoms with Crippen molar-refractivity contribution in [3.8, 4) is 0 Å². The maximum Gasteiger partial charge on any atom is 0.176 e. The normalized spacial score (nSPS) is 11.6. The zero-order chi connectivity index (χ0) is 14.7. The van der Waals surface area contributed by atoms with Gasteiger partial charge in [-0.2, -0.15) is 10.2 Å². The van der Waals surface area contributed by atoms with Crippen LogP contribution >= 0.6 is 11.6 Å². The highest BCUT2D eigenvalue weighted by molar-refractivity contribution is 6.34. The van der Waals surface area contributed by atoms with E-state index in [0.717, 1.165) is 22.0 Å². The van der Waals surface area contributed by atoms with Gasteiger partial charge in [-0.15, -0.1) is 5.10 Å². The molecular weight excluding hydrogens is 284 g/mol. The smallest absolute Gasteiger partial charge is 0.176 e. The summed E-state index contributed by atoms with van der Waals surface area (Å²) in [5.41, 5.74) is 4.64. The van der Waals surface area contributed by atoms with E-state index in [1.54, 1.807) is 6.20 Å². The van der Waals surface area contributed by atoms with Gasteiger partial charge in [-0.3, -0.25) is 5.43 Å². The number of hydrogen-bond acceptors (Lipinski definition) is 4. The van der Waals surface area contributed by atoms with Gasteiger partial charge in [-0.1, -0.05) is 54.1 Å². The number of aromatic nitrogens is 2. The number of fused-ring (bicyclic) bond motifs is 1. The first-order valence-corrected chi connectivity index (χ1v) is 6.89. The van der Waals surface area contributed by atoms with E-state index in [1.807, 2.05) is 55.5 Å². The second kappa shape index (κ2) is 5.89. The van der Waals surface area contributed by atoms with Crippen molar-refractivity contribution in [2.24, 2.45) is 5.10 Å². The van der Waals surface area contributed by atoms with Crippen molar-refractivity contribution < 1.29 is 0 Å². The van der Waals surface area contributed by atoms with E-state index in [4.69, 9.17) is 11.6 Å². The lowest BCUT2D eigenvalue weighted by Crippen LogP contribution is -2.02. The predicted molar refractivity (Wildman–Crippen MR) is 86.8 cm³/mol. The van der Waals surface area contributed by atoms with Crippen molar-refractivity contribution >= 4 is 33.9 Å². The SMILES string of the molecule is C/C(=N\Nc1nncc2ccccc12)c1ccccc1Cl. The van der Waals surface area contributed by atoms with Crippen LogP contribution in [0, 0.1) is 0 Å². The lowest BCUT2D eigenvalue weighted by Gasteiger charge is -2.06. The van der Waals surface area contributed by atoms with E-state index in [9.17, 15) is 0 Å². The largest absolute Gasteiger partial charge is 0.259 e. The summed E-state index contributed by atoms with van der Waals surface area (Å²) in [4.78, 5) is 0. The molecular formula is C16H13ClN4. The molecule has 1 aromatic heterocycles. The van der Waals surface area contributed by atoms with E-state index in [-0.39, 0.29) is 0 Å². The minimum absolute atomic E-state index is 0.625. The highest BCUT2D eigenvalue weighted by Crippen LogP contribution is 2.20. The van der Waals surface area contributed by atoms with Gasteiger partial charge < -0.3 is 0 Å². The van der Waals surface area contributed by atoms with Crippen LogP contribution in [0.5, 0.6) is 0 Å². The Labute approximate surface area is 127 Å². The van der Waals surface area contributed by atoms with E-state index >= 15 is 0 Å². The summed E-state index contributed by atoms with van der Waals surface area (Å²) in [7, 11) is 0. The van der Waals surface area contributed by atoms with E-state index < -0.39 is 0 Å². The molecule has 21 heavy (non-hydrogen) atoms. The number of benzene rings is 2. The first-order valence-electron chi connectivity index (χ1n) is 6.51. The van der Waals surface area contributed by atoms with Gasteiger partial charge in [-0.05, 0) is 13.0 Å². The number of anilines is 1. The van der Waals surface area contributed by atoms with Crippen LogP contribution in [0.1, 0.15) is 12.5 Å². The van der Waals surface area contributed by atoms with Gasteiger partial charge in [0, 0.05) is 21.4 Å². The number of hydrazone groups is 1. The molecule has 0 saturated heterocycles. The van der Waals surface area contributed by atoms with Crippen LogP contribution in [0.25, 0.3) is 10.8 Å². The third-order valence-corrected chi connectivity index (χ3v) is 3.49. The second-order valence-corrected chi connectivity index (χ2v) is 4.98. The Morgan fingerprint density at radius 2 is 1.86 bits per heavy atom. The summed E-state index contributed by atoms with van der Waals surface area (Å²) in [6.45, 7) is 1.90. The standard InChI is InChI=1S/C16H13ClN4/c1-11(13-7-4-5-9-15(13)17)19-21-16-14-8-3-2-6-12(14)10-18-20-16/h2-10H,1H3,(H,20,21)/b19-11+. The Balaban J connectivity index is 1.93. The second-order valence-electron chi connectivity index (χ2n) is 4.57. The van der Waals surface area contributed by atoms with Crippen molar-refractivity contribution in [3.63, 3.8) is 0 Å². The van der Waals surface area contributed by atoms with Crippen molar-refractivity contribution in [2.45, 2.75) is 6.92 Å². The monoisotopic (exact) mass is 296 g/mol. The zero-order valence-electron chi connectivity index (χ0n) is 11.4. The van der Waals surface area contributed by atoms with Crippen LogP contribution in [0.2, 0.25) is 5.02 Å². The Bertz CT molecular complexity index is 809. The van der Waals surface area contributed by atoms with Gasteiger partial charge in [0.15, 0.2) is 5.82 Å². The number of halogens is 1. The summed E-state index contributed by atoms with van der Waals surface area (Å²) in [5.74, 6) is 0.625. The highest BCUT2D eigenvalue weighted by Gasteiger charge is 2.04. The molecule has 1 heterocycles. The summed E-state index contributed by atoms with van der Waals surface area (Å²) < 4.78 is 0. The number of nitrogens with one attached hydrogen (secondary N) is 1. The minimum atomic E-state index is 0.625. The van der Waals surface area contributed by atoms with Crippen molar-refractivity contribution in [1.82, 2.24) is 10.2 Å². The van der Waals surface area contributed by atoms with Gasteiger partial charge >= 0.3 is 0 Å². The third-order valence-electron chi connectivity index (χ3n) is 3.16. The average Bonchev–Trinajstić information content (AvgIpc) is 2.53. The van der Waals surface area contributed by atoms with Crippen LogP contribution in [0.15, 0.2) is 59.8 Å². The first-order chi connectivity index (χ1) is 10.3. The minimum Gasteiger partial charge on any atom is -0.259 e. The molecule has 1 N–H and O–H groups in total. The molecule has 0 radical (unpaired) electrons. The van der Waals surface area contributed by atoms with Crippen molar-refractivity contribution in [3.05, 3.63) is 65.3 Å². The molecule has 0 spiro atoms. The van der Waals surface area contributed by atoms with Crippen LogP contribution in [0.3, 0.4) is 0 Å². The lowest BCUT2D eigenvalue weighted by molar-refractivity contribution is 1.04. The van der Waals surface area contributed by atoms with Gasteiger partial charge in [0.05, 0.1) is 11.9 Å². The van der Waals surface area contributed by atoms with Crippen LogP contribution < -0.4 is 5.43 Å². The molecule has 0 aliphatic carbocycles. The molecule has 5 heteroatoms. The maximum atomic E-state index is 6.16. The Morgan fingerprint density at radius 1 is 1.10 bits per heavy atom.